The fraction of sp³-hybridized carbons (Fsp3) is 0. The molecule has 2 N–H and O–H groups in total. The van der Waals surface area contributed by atoms with E-state index in [1.807, 2.05) is 36.4 Å². The zero-order chi connectivity index (χ0) is 16.9. The van der Waals surface area contributed by atoms with E-state index in [-0.39, 0.29) is 5.91 Å². The number of aromatic nitrogens is 1. The second-order valence-electron chi connectivity index (χ2n) is 4.98. The van der Waals surface area contributed by atoms with Crippen molar-refractivity contribution in [2.24, 2.45) is 0 Å². The molecule has 1 aromatic heterocycles. The average Bonchev–Trinajstić information content (AvgIpc) is 2.60. The zero-order valence-electron chi connectivity index (χ0n) is 12.5. The lowest BCUT2D eigenvalue weighted by Crippen LogP contribution is -2.13. The van der Waals surface area contributed by atoms with Crippen LogP contribution in [0.5, 0.6) is 0 Å². The van der Waals surface area contributed by atoms with E-state index in [2.05, 4.69) is 15.6 Å². The third kappa shape index (κ3) is 3.85. The summed E-state index contributed by atoms with van der Waals surface area (Å²) in [6.07, 6.45) is 1.57. The van der Waals surface area contributed by atoms with E-state index in [0.29, 0.717) is 27.1 Å². The van der Waals surface area contributed by atoms with Gasteiger partial charge in [0, 0.05) is 5.69 Å². The molecule has 0 saturated heterocycles. The van der Waals surface area contributed by atoms with Gasteiger partial charge >= 0.3 is 0 Å². The number of carbonyl (C=O) groups is 1. The van der Waals surface area contributed by atoms with Crippen molar-refractivity contribution in [1.82, 2.24) is 4.98 Å². The summed E-state index contributed by atoms with van der Waals surface area (Å²) in [4.78, 5) is 16.3. The van der Waals surface area contributed by atoms with E-state index >= 15 is 0 Å². The van der Waals surface area contributed by atoms with Crippen LogP contribution in [0.25, 0.3) is 0 Å². The van der Waals surface area contributed by atoms with Crippen molar-refractivity contribution in [1.29, 1.82) is 0 Å². The van der Waals surface area contributed by atoms with Gasteiger partial charge in [0.1, 0.15) is 5.69 Å². The Morgan fingerprint density at radius 3 is 2.38 bits per heavy atom. The Bertz CT molecular complexity index is 852. The van der Waals surface area contributed by atoms with Gasteiger partial charge in [0.15, 0.2) is 0 Å². The normalized spacial score (nSPS) is 10.2. The molecule has 2 aromatic carbocycles. The molecule has 0 saturated carbocycles. The largest absolute Gasteiger partial charge is 0.353 e. The number of carbonyl (C=O) groups excluding carboxylic acids is 1. The second-order valence-corrected chi connectivity index (χ2v) is 5.76. The number of rotatable bonds is 4. The number of nitrogens with zero attached hydrogens (tertiary/aromatic N) is 1. The molecule has 24 heavy (non-hydrogen) atoms. The smallest absolute Gasteiger partial charge is 0.274 e. The molecule has 0 spiro atoms. The number of benzene rings is 2. The Morgan fingerprint density at radius 1 is 0.875 bits per heavy atom. The minimum absolute atomic E-state index is 0.270. The highest BCUT2D eigenvalue weighted by Crippen LogP contribution is 2.31. The molecule has 0 radical (unpaired) electrons. The van der Waals surface area contributed by atoms with E-state index in [1.165, 1.54) is 0 Å². The first-order valence-electron chi connectivity index (χ1n) is 7.17. The van der Waals surface area contributed by atoms with Crippen LogP contribution in [0.3, 0.4) is 0 Å². The van der Waals surface area contributed by atoms with Crippen LogP contribution < -0.4 is 10.6 Å². The molecule has 3 aromatic rings. The highest BCUT2D eigenvalue weighted by atomic mass is 35.5. The molecule has 0 atom stereocenters. The fourth-order valence-electron chi connectivity index (χ4n) is 2.07. The molecule has 0 aliphatic heterocycles. The molecule has 0 bridgehead atoms. The van der Waals surface area contributed by atoms with Crippen LogP contribution in [0.1, 0.15) is 10.5 Å². The predicted octanol–water partition coefficient (Wildman–Crippen LogP) is 5.38. The zero-order valence-corrected chi connectivity index (χ0v) is 14.0. The van der Waals surface area contributed by atoms with Crippen molar-refractivity contribution in [3.05, 3.63) is 82.6 Å². The molecule has 3 rings (SSSR count). The first-order chi connectivity index (χ1) is 11.6. The number of para-hydroxylation sites is 1. The summed E-state index contributed by atoms with van der Waals surface area (Å²) in [5, 5.41) is 6.80. The molecule has 1 amide bonds. The molecule has 0 fully saturated rings. The van der Waals surface area contributed by atoms with E-state index in [9.17, 15) is 4.79 Å². The molecule has 0 unspecified atom stereocenters. The summed E-state index contributed by atoms with van der Waals surface area (Å²) in [7, 11) is 0. The first-order valence-corrected chi connectivity index (χ1v) is 7.92. The van der Waals surface area contributed by atoms with Gasteiger partial charge in [0.2, 0.25) is 0 Å². The lowest BCUT2D eigenvalue weighted by molar-refractivity contribution is 0.102. The Hall–Kier alpha value is -2.56. The fourth-order valence-corrected chi connectivity index (χ4v) is 2.42. The Labute approximate surface area is 149 Å². The lowest BCUT2D eigenvalue weighted by atomic mass is 10.2. The third-order valence-electron chi connectivity index (χ3n) is 3.26. The Kier molecular flexibility index (Phi) is 4.99. The summed E-state index contributed by atoms with van der Waals surface area (Å²) < 4.78 is 0. The van der Waals surface area contributed by atoms with Crippen molar-refractivity contribution >= 4 is 46.2 Å². The maximum atomic E-state index is 12.1. The van der Waals surface area contributed by atoms with Gasteiger partial charge in [0.25, 0.3) is 5.91 Å². The van der Waals surface area contributed by atoms with Crippen LogP contribution in [-0.2, 0) is 0 Å². The second kappa shape index (κ2) is 7.34. The van der Waals surface area contributed by atoms with Crippen LogP contribution in [0.15, 0.2) is 66.9 Å². The van der Waals surface area contributed by atoms with Gasteiger partial charge in [-0.3, -0.25) is 4.79 Å². The van der Waals surface area contributed by atoms with E-state index in [4.69, 9.17) is 23.2 Å². The van der Waals surface area contributed by atoms with Crippen molar-refractivity contribution in [2.45, 2.75) is 0 Å². The standard InChI is InChI=1S/C18H13Cl2N3O/c19-14-7-4-8-15(17(14)20)22-13-9-10-16(21-11-13)18(24)23-12-5-2-1-3-6-12/h1-11,22H,(H,23,24). The van der Waals surface area contributed by atoms with Gasteiger partial charge in [-0.2, -0.15) is 0 Å². The molecule has 0 aliphatic carbocycles. The molecule has 6 heteroatoms. The maximum Gasteiger partial charge on any atom is 0.274 e. The number of amides is 1. The van der Waals surface area contributed by atoms with E-state index in [1.54, 1.807) is 30.5 Å². The molecule has 1 heterocycles. The predicted molar refractivity (Wildman–Crippen MR) is 98.4 cm³/mol. The number of hydrogen-bond acceptors (Lipinski definition) is 3. The lowest BCUT2D eigenvalue weighted by Gasteiger charge is -2.09. The van der Waals surface area contributed by atoms with Crippen molar-refractivity contribution in [2.75, 3.05) is 10.6 Å². The summed E-state index contributed by atoms with van der Waals surface area (Å²) in [5.74, 6) is -0.270. The van der Waals surface area contributed by atoms with Gasteiger partial charge in [-0.25, -0.2) is 4.98 Å². The number of hydrogen-bond donors (Lipinski definition) is 2. The Morgan fingerprint density at radius 2 is 1.67 bits per heavy atom. The summed E-state index contributed by atoms with van der Waals surface area (Å²) in [6.45, 7) is 0. The minimum atomic E-state index is -0.270. The van der Waals surface area contributed by atoms with Gasteiger partial charge in [0.05, 0.1) is 27.6 Å². The molecular formula is C18H13Cl2N3O. The van der Waals surface area contributed by atoms with Crippen LogP contribution in [-0.4, -0.2) is 10.9 Å². The monoisotopic (exact) mass is 357 g/mol. The molecule has 0 aliphatic rings. The molecule has 120 valence electrons. The van der Waals surface area contributed by atoms with Gasteiger partial charge in [-0.15, -0.1) is 0 Å². The van der Waals surface area contributed by atoms with Crippen LogP contribution in [0, 0.1) is 0 Å². The summed E-state index contributed by atoms with van der Waals surface area (Å²) >= 11 is 12.1. The van der Waals surface area contributed by atoms with Crippen molar-refractivity contribution < 1.29 is 4.79 Å². The number of anilines is 3. The number of halogens is 2. The van der Waals surface area contributed by atoms with Crippen LogP contribution in [0.4, 0.5) is 17.1 Å². The number of nitrogens with one attached hydrogen (secondary N) is 2. The van der Waals surface area contributed by atoms with Gasteiger partial charge in [-0.05, 0) is 36.4 Å². The average molecular weight is 358 g/mol. The summed E-state index contributed by atoms with van der Waals surface area (Å²) in [5.41, 5.74) is 2.42. The maximum absolute atomic E-state index is 12.1. The van der Waals surface area contributed by atoms with Crippen LogP contribution in [0.2, 0.25) is 10.0 Å². The SMILES string of the molecule is O=C(Nc1ccccc1)c1ccc(Nc2cccc(Cl)c2Cl)cn1. The topological polar surface area (TPSA) is 54.0 Å². The van der Waals surface area contributed by atoms with E-state index < -0.39 is 0 Å². The minimum Gasteiger partial charge on any atom is -0.353 e. The van der Waals surface area contributed by atoms with E-state index in [0.717, 1.165) is 5.69 Å². The van der Waals surface area contributed by atoms with Gasteiger partial charge < -0.3 is 10.6 Å². The van der Waals surface area contributed by atoms with Crippen molar-refractivity contribution in [3.8, 4) is 0 Å². The van der Waals surface area contributed by atoms with Gasteiger partial charge in [-0.1, -0.05) is 47.5 Å². The Balaban J connectivity index is 1.71. The summed E-state index contributed by atoms with van der Waals surface area (Å²) in [6, 6.07) is 17.9. The number of pyridine rings is 1. The highest BCUT2D eigenvalue weighted by molar-refractivity contribution is 6.43. The first kappa shape index (κ1) is 16.3. The molecular weight excluding hydrogens is 345 g/mol. The quantitative estimate of drug-likeness (QED) is 0.658. The van der Waals surface area contributed by atoms with Crippen LogP contribution >= 0.6 is 23.2 Å². The highest BCUT2D eigenvalue weighted by Gasteiger charge is 2.09. The molecule has 4 nitrogen and oxygen atoms in total. The van der Waals surface area contributed by atoms with Crippen molar-refractivity contribution in [3.63, 3.8) is 0 Å². The third-order valence-corrected chi connectivity index (χ3v) is 4.08.